The Morgan fingerprint density at radius 2 is 1.89 bits per heavy atom. The molecule has 0 aliphatic carbocycles. The van der Waals surface area contributed by atoms with E-state index in [-0.39, 0.29) is 17.7 Å². The number of methoxy groups -OCH3 is 1. The van der Waals surface area contributed by atoms with Crippen molar-refractivity contribution in [3.8, 4) is 11.5 Å². The van der Waals surface area contributed by atoms with E-state index in [0.717, 1.165) is 5.56 Å². The van der Waals surface area contributed by atoms with Crippen LogP contribution in [0.25, 0.3) is 0 Å². The van der Waals surface area contributed by atoms with Crippen LogP contribution in [0.15, 0.2) is 42.5 Å². The van der Waals surface area contributed by atoms with E-state index in [1.165, 1.54) is 6.92 Å². The minimum atomic E-state index is -0.362. The molecule has 0 radical (unpaired) electrons. The maximum atomic E-state index is 12.6. The van der Waals surface area contributed by atoms with Crippen molar-refractivity contribution in [1.29, 1.82) is 0 Å². The maximum Gasteiger partial charge on any atom is 0.241 e. The van der Waals surface area contributed by atoms with Gasteiger partial charge in [-0.15, -0.1) is 0 Å². The monoisotopic (exact) mass is 384 g/mol. The standard InChI is InChI=1S/C22H28N2O4/c1-6-28-20-11-10-17(12-21(20)27-5)14-24(4)15(2)22(26)23-19-9-7-8-18(13-19)16(3)25/h7-13,15H,6,14H2,1-5H3,(H,23,26)/t15-/m1/s1. The molecule has 0 saturated heterocycles. The van der Waals surface area contributed by atoms with Gasteiger partial charge in [0.1, 0.15) is 0 Å². The van der Waals surface area contributed by atoms with E-state index in [0.29, 0.717) is 35.9 Å². The third-order valence-corrected chi connectivity index (χ3v) is 4.54. The fraction of sp³-hybridized carbons (Fsp3) is 0.364. The number of nitrogens with one attached hydrogen (secondary N) is 1. The third kappa shape index (κ3) is 5.57. The van der Waals surface area contributed by atoms with E-state index in [1.54, 1.807) is 31.4 Å². The van der Waals surface area contributed by atoms with Crippen molar-refractivity contribution in [2.24, 2.45) is 0 Å². The molecule has 0 aliphatic rings. The minimum Gasteiger partial charge on any atom is -0.493 e. The Bertz CT molecular complexity index is 835. The number of carbonyl (C=O) groups excluding carboxylic acids is 2. The summed E-state index contributed by atoms with van der Waals surface area (Å²) in [7, 11) is 3.50. The molecule has 0 bridgehead atoms. The molecular formula is C22H28N2O4. The number of anilines is 1. The van der Waals surface area contributed by atoms with Crippen molar-refractivity contribution >= 4 is 17.4 Å². The van der Waals surface area contributed by atoms with Gasteiger partial charge in [0.2, 0.25) is 5.91 Å². The van der Waals surface area contributed by atoms with Crippen molar-refractivity contribution in [3.63, 3.8) is 0 Å². The summed E-state index contributed by atoms with van der Waals surface area (Å²) in [5.41, 5.74) is 2.20. The largest absolute Gasteiger partial charge is 0.493 e. The van der Waals surface area contributed by atoms with Crippen LogP contribution >= 0.6 is 0 Å². The van der Waals surface area contributed by atoms with Crippen LogP contribution in [0.5, 0.6) is 11.5 Å². The summed E-state index contributed by atoms with van der Waals surface area (Å²) in [5.74, 6) is 1.20. The SMILES string of the molecule is CCOc1ccc(CN(C)[C@H](C)C(=O)Nc2cccc(C(C)=O)c2)cc1OC. The van der Waals surface area contributed by atoms with Gasteiger partial charge in [0, 0.05) is 17.8 Å². The molecule has 0 spiro atoms. The van der Waals surface area contributed by atoms with Gasteiger partial charge in [0.05, 0.1) is 19.8 Å². The molecule has 0 heterocycles. The Balaban J connectivity index is 2.03. The molecule has 1 N–H and O–H groups in total. The van der Waals surface area contributed by atoms with Gasteiger partial charge >= 0.3 is 0 Å². The normalized spacial score (nSPS) is 11.8. The van der Waals surface area contributed by atoms with Crippen LogP contribution in [0.2, 0.25) is 0 Å². The summed E-state index contributed by atoms with van der Waals surface area (Å²) in [6.07, 6.45) is 0. The molecule has 2 rings (SSSR count). The Morgan fingerprint density at radius 3 is 2.54 bits per heavy atom. The fourth-order valence-electron chi connectivity index (χ4n) is 2.77. The molecule has 150 valence electrons. The number of hydrogen-bond donors (Lipinski definition) is 1. The van der Waals surface area contributed by atoms with Crippen LogP contribution < -0.4 is 14.8 Å². The number of rotatable bonds is 9. The van der Waals surface area contributed by atoms with Crippen molar-refractivity contribution in [1.82, 2.24) is 4.90 Å². The molecule has 2 aromatic carbocycles. The molecule has 2 aromatic rings. The first-order valence-electron chi connectivity index (χ1n) is 9.27. The first kappa shape index (κ1) is 21.4. The summed E-state index contributed by atoms with van der Waals surface area (Å²) in [4.78, 5) is 26.1. The molecule has 28 heavy (non-hydrogen) atoms. The summed E-state index contributed by atoms with van der Waals surface area (Å²) in [6.45, 7) is 6.41. The first-order valence-corrected chi connectivity index (χ1v) is 9.27. The van der Waals surface area contributed by atoms with Crippen molar-refractivity contribution in [2.75, 3.05) is 26.1 Å². The second kappa shape index (κ2) is 9.90. The average molecular weight is 384 g/mol. The zero-order valence-corrected chi connectivity index (χ0v) is 17.1. The van der Waals surface area contributed by atoms with E-state index in [1.807, 2.05) is 44.0 Å². The zero-order valence-electron chi connectivity index (χ0n) is 17.1. The van der Waals surface area contributed by atoms with Gasteiger partial charge in [-0.1, -0.05) is 18.2 Å². The van der Waals surface area contributed by atoms with Gasteiger partial charge in [-0.25, -0.2) is 0 Å². The lowest BCUT2D eigenvalue weighted by Crippen LogP contribution is -2.39. The van der Waals surface area contributed by atoms with Gasteiger partial charge in [-0.2, -0.15) is 0 Å². The van der Waals surface area contributed by atoms with E-state index >= 15 is 0 Å². The van der Waals surface area contributed by atoms with Crippen molar-refractivity contribution in [2.45, 2.75) is 33.4 Å². The van der Waals surface area contributed by atoms with Crippen molar-refractivity contribution in [3.05, 3.63) is 53.6 Å². The van der Waals surface area contributed by atoms with E-state index < -0.39 is 0 Å². The van der Waals surface area contributed by atoms with Crippen LogP contribution in [0.1, 0.15) is 36.7 Å². The number of benzene rings is 2. The number of amides is 1. The highest BCUT2D eigenvalue weighted by Crippen LogP contribution is 2.28. The highest BCUT2D eigenvalue weighted by atomic mass is 16.5. The van der Waals surface area contributed by atoms with Crippen LogP contribution in [0, 0.1) is 0 Å². The smallest absolute Gasteiger partial charge is 0.241 e. The molecule has 0 fully saturated rings. The Hall–Kier alpha value is -2.86. The summed E-state index contributed by atoms with van der Waals surface area (Å²) in [6, 6.07) is 12.3. The lowest BCUT2D eigenvalue weighted by atomic mass is 10.1. The van der Waals surface area contributed by atoms with Gasteiger partial charge in [0.25, 0.3) is 0 Å². The summed E-state index contributed by atoms with van der Waals surface area (Å²) in [5, 5.41) is 2.87. The van der Waals surface area contributed by atoms with Crippen LogP contribution in [-0.2, 0) is 11.3 Å². The minimum absolute atomic E-state index is 0.0364. The number of hydrogen-bond acceptors (Lipinski definition) is 5. The van der Waals surface area contributed by atoms with E-state index in [9.17, 15) is 9.59 Å². The summed E-state index contributed by atoms with van der Waals surface area (Å²) >= 11 is 0. The van der Waals surface area contributed by atoms with Crippen LogP contribution in [0.3, 0.4) is 0 Å². The lowest BCUT2D eigenvalue weighted by molar-refractivity contribution is -0.120. The second-order valence-corrected chi connectivity index (χ2v) is 6.64. The third-order valence-electron chi connectivity index (χ3n) is 4.54. The zero-order chi connectivity index (χ0) is 20.7. The predicted octanol–water partition coefficient (Wildman–Crippen LogP) is 3.76. The molecule has 6 nitrogen and oxygen atoms in total. The number of ketones is 1. The molecular weight excluding hydrogens is 356 g/mol. The van der Waals surface area contributed by atoms with Crippen LogP contribution in [-0.4, -0.2) is 43.4 Å². The van der Waals surface area contributed by atoms with Crippen molar-refractivity contribution < 1.29 is 19.1 Å². The highest BCUT2D eigenvalue weighted by molar-refractivity contribution is 5.98. The van der Waals surface area contributed by atoms with Crippen LogP contribution in [0.4, 0.5) is 5.69 Å². The molecule has 0 aromatic heterocycles. The quantitative estimate of drug-likeness (QED) is 0.667. The lowest BCUT2D eigenvalue weighted by Gasteiger charge is -2.24. The average Bonchev–Trinajstić information content (AvgIpc) is 2.68. The first-order chi connectivity index (χ1) is 13.3. The Kier molecular flexibility index (Phi) is 7.58. The van der Waals surface area contributed by atoms with Gasteiger partial charge < -0.3 is 14.8 Å². The number of Topliss-reactive ketones (excluding diaryl/α,β-unsaturated/α-hetero) is 1. The number of nitrogens with zero attached hydrogens (tertiary/aromatic N) is 1. The Morgan fingerprint density at radius 1 is 1.14 bits per heavy atom. The van der Waals surface area contributed by atoms with Gasteiger partial charge in [-0.3, -0.25) is 14.5 Å². The van der Waals surface area contributed by atoms with Gasteiger partial charge in [0.15, 0.2) is 17.3 Å². The number of ether oxygens (including phenoxy) is 2. The molecule has 1 atom stereocenters. The molecule has 6 heteroatoms. The highest BCUT2D eigenvalue weighted by Gasteiger charge is 2.19. The Labute approximate surface area is 166 Å². The summed E-state index contributed by atoms with van der Waals surface area (Å²) < 4.78 is 10.9. The number of likely N-dealkylation sites (N-methyl/N-ethyl adjacent to an activating group) is 1. The van der Waals surface area contributed by atoms with E-state index in [2.05, 4.69) is 5.32 Å². The molecule has 0 aliphatic heterocycles. The van der Waals surface area contributed by atoms with E-state index in [4.69, 9.17) is 9.47 Å². The number of carbonyl (C=O) groups is 2. The molecule has 0 saturated carbocycles. The predicted molar refractivity (Wildman–Crippen MR) is 110 cm³/mol. The maximum absolute atomic E-state index is 12.6. The molecule has 0 unspecified atom stereocenters. The van der Waals surface area contributed by atoms with Gasteiger partial charge in [-0.05, 0) is 57.6 Å². The second-order valence-electron chi connectivity index (χ2n) is 6.64. The topological polar surface area (TPSA) is 67.9 Å². The molecule has 1 amide bonds. The fourth-order valence-corrected chi connectivity index (χ4v) is 2.77.